The Balaban J connectivity index is 1.25. The lowest BCUT2D eigenvalue weighted by atomic mass is 10.0. The third kappa shape index (κ3) is 4.90. The minimum Gasteiger partial charge on any atom is -0.352 e. The first kappa shape index (κ1) is 20.6. The van der Waals surface area contributed by atoms with Gasteiger partial charge in [0.25, 0.3) is 5.91 Å². The summed E-state index contributed by atoms with van der Waals surface area (Å²) < 4.78 is 1.85. The van der Waals surface area contributed by atoms with Crippen molar-refractivity contribution in [3.63, 3.8) is 0 Å². The van der Waals surface area contributed by atoms with Gasteiger partial charge in [-0.15, -0.1) is 0 Å². The Morgan fingerprint density at radius 1 is 1.20 bits per heavy atom. The fraction of sp³-hybridized carbons (Fsp3) is 0.522. The first-order valence-electron chi connectivity index (χ1n) is 11.0. The van der Waals surface area contributed by atoms with Crippen LogP contribution in [0.25, 0.3) is 0 Å². The Labute approximate surface area is 178 Å². The molecule has 3 heterocycles. The van der Waals surface area contributed by atoms with Crippen molar-refractivity contribution in [3.8, 4) is 0 Å². The summed E-state index contributed by atoms with van der Waals surface area (Å²) in [6, 6.07) is 9.38. The predicted molar refractivity (Wildman–Crippen MR) is 116 cm³/mol. The fourth-order valence-corrected chi connectivity index (χ4v) is 4.40. The highest BCUT2D eigenvalue weighted by atomic mass is 16.2. The number of aryl methyl sites for hydroxylation is 1. The molecule has 2 aliphatic heterocycles. The molecule has 1 aromatic heterocycles. The van der Waals surface area contributed by atoms with E-state index in [4.69, 9.17) is 0 Å². The van der Waals surface area contributed by atoms with Crippen LogP contribution in [0.5, 0.6) is 0 Å². The van der Waals surface area contributed by atoms with Crippen LogP contribution in [-0.2, 0) is 17.9 Å². The number of amides is 2. The molecule has 1 atom stereocenters. The van der Waals surface area contributed by atoms with Crippen LogP contribution in [0.2, 0.25) is 0 Å². The van der Waals surface area contributed by atoms with Gasteiger partial charge in [0.05, 0.1) is 19.3 Å². The Morgan fingerprint density at radius 2 is 2.03 bits per heavy atom. The number of hydrogen-bond donors (Lipinski definition) is 1. The number of anilines is 1. The zero-order chi connectivity index (χ0) is 20.9. The highest BCUT2D eigenvalue weighted by molar-refractivity contribution is 5.95. The van der Waals surface area contributed by atoms with E-state index in [9.17, 15) is 9.59 Å². The van der Waals surface area contributed by atoms with Gasteiger partial charge in [0.15, 0.2) is 0 Å². The van der Waals surface area contributed by atoms with Crippen molar-refractivity contribution in [3.05, 3.63) is 47.7 Å². The molecule has 7 heteroatoms. The molecule has 2 aliphatic rings. The van der Waals surface area contributed by atoms with Crippen molar-refractivity contribution in [2.75, 3.05) is 31.1 Å². The molecule has 160 valence electrons. The maximum atomic E-state index is 12.4. The normalized spacial score (nSPS) is 19.6. The van der Waals surface area contributed by atoms with Gasteiger partial charge in [-0.25, -0.2) is 4.68 Å². The van der Waals surface area contributed by atoms with E-state index < -0.39 is 0 Å². The van der Waals surface area contributed by atoms with Crippen molar-refractivity contribution in [2.45, 2.75) is 45.7 Å². The second-order valence-corrected chi connectivity index (χ2v) is 8.50. The molecule has 0 aliphatic carbocycles. The molecule has 1 aromatic carbocycles. The summed E-state index contributed by atoms with van der Waals surface area (Å²) in [6.45, 7) is 7.53. The molecular formula is C23H31N5O2. The second kappa shape index (κ2) is 9.43. The number of rotatable bonds is 7. The average Bonchev–Trinajstić information content (AvgIpc) is 3.23. The number of hydrogen-bond acceptors (Lipinski definition) is 4. The smallest absolute Gasteiger partial charge is 0.251 e. The number of fused-ring (bicyclic) bond motifs is 1. The van der Waals surface area contributed by atoms with Gasteiger partial charge in [-0.1, -0.05) is 19.1 Å². The molecule has 0 saturated carbocycles. The van der Waals surface area contributed by atoms with Gasteiger partial charge in [-0.05, 0) is 56.0 Å². The largest absolute Gasteiger partial charge is 0.352 e. The summed E-state index contributed by atoms with van der Waals surface area (Å²) >= 11 is 0. The molecule has 0 spiro atoms. The van der Waals surface area contributed by atoms with E-state index in [2.05, 4.69) is 22.2 Å². The standard InChI is InChI=1S/C23H31N5O2/c1-18-4-2-13-26(16-18)14-3-11-24-23(30)20-7-5-19(6-8-20)17-27-21-9-12-25-28(21)15-10-22(27)29/h5-9,12,18H,2-4,10-11,13-17H2,1H3,(H,24,30)/t18-/m1/s1. The van der Waals surface area contributed by atoms with E-state index in [-0.39, 0.29) is 11.8 Å². The number of carbonyl (C=O) groups excluding carboxylic acids is 2. The Morgan fingerprint density at radius 3 is 2.83 bits per heavy atom. The van der Waals surface area contributed by atoms with E-state index in [0.717, 1.165) is 30.3 Å². The van der Waals surface area contributed by atoms with Crippen LogP contribution in [-0.4, -0.2) is 52.7 Å². The molecule has 1 saturated heterocycles. The van der Waals surface area contributed by atoms with Crippen LogP contribution in [0.1, 0.15) is 48.5 Å². The lowest BCUT2D eigenvalue weighted by molar-refractivity contribution is -0.119. The summed E-state index contributed by atoms with van der Waals surface area (Å²) in [6.07, 6.45) is 5.77. The molecular weight excluding hydrogens is 378 g/mol. The van der Waals surface area contributed by atoms with Crippen molar-refractivity contribution in [2.24, 2.45) is 5.92 Å². The lowest BCUT2D eigenvalue weighted by Gasteiger charge is -2.30. The number of aromatic nitrogens is 2. The van der Waals surface area contributed by atoms with E-state index in [1.165, 1.54) is 25.9 Å². The highest BCUT2D eigenvalue weighted by Crippen LogP contribution is 2.23. The zero-order valence-electron chi connectivity index (χ0n) is 17.7. The molecule has 0 bridgehead atoms. The van der Waals surface area contributed by atoms with Crippen molar-refractivity contribution in [1.82, 2.24) is 20.0 Å². The topological polar surface area (TPSA) is 70.5 Å². The number of piperidine rings is 1. The molecule has 4 rings (SSSR count). The van der Waals surface area contributed by atoms with Gasteiger partial charge >= 0.3 is 0 Å². The summed E-state index contributed by atoms with van der Waals surface area (Å²) in [5, 5.41) is 7.28. The average molecular weight is 410 g/mol. The Kier molecular flexibility index (Phi) is 6.47. The highest BCUT2D eigenvalue weighted by Gasteiger charge is 2.24. The van der Waals surface area contributed by atoms with Gasteiger partial charge in [0.2, 0.25) is 5.91 Å². The number of benzene rings is 1. The number of carbonyl (C=O) groups is 2. The molecule has 1 fully saturated rings. The first-order valence-corrected chi connectivity index (χ1v) is 11.0. The van der Waals surface area contributed by atoms with Crippen LogP contribution < -0.4 is 10.2 Å². The van der Waals surface area contributed by atoms with Crippen LogP contribution >= 0.6 is 0 Å². The first-order chi connectivity index (χ1) is 14.6. The molecule has 0 radical (unpaired) electrons. The summed E-state index contributed by atoms with van der Waals surface area (Å²) in [4.78, 5) is 29.0. The molecule has 7 nitrogen and oxygen atoms in total. The van der Waals surface area contributed by atoms with Crippen LogP contribution in [0, 0.1) is 5.92 Å². The minimum atomic E-state index is -0.0410. The van der Waals surface area contributed by atoms with Gasteiger partial charge in [-0.3, -0.25) is 14.5 Å². The third-order valence-corrected chi connectivity index (χ3v) is 6.04. The second-order valence-electron chi connectivity index (χ2n) is 8.50. The predicted octanol–water partition coefficient (Wildman–Crippen LogP) is 2.67. The molecule has 1 N–H and O–H groups in total. The fourth-order valence-electron chi connectivity index (χ4n) is 4.40. The number of likely N-dealkylation sites (tertiary alicyclic amines) is 1. The zero-order valence-corrected chi connectivity index (χ0v) is 17.7. The molecule has 2 aromatic rings. The van der Waals surface area contributed by atoms with Gasteiger partial charge in [-0.2, -0.15) is 5.10 Å². The minimum absolute atomic E-state index is 0.0410. The summed E-state index contributed by atoms with van der Waals surface area (Å²) in [7, 11) is 0. The van der Waals surface area contributed by atoms with E-state index in [1.54, 1.807) is 11.1 Å². The molecule has 0 unspecified atom stereocenters. The summed E-state index contributed by atoms with van der Waals surface area (Å²) in [5.74, 6) is 1.68. The van der Waals surface area contributed by atoms with Crippen molar-refractivity contribution >= 4 is 17.6 Å². The third-order valence-electron chi connectivity index (χ3n) is 6.04. The lowest BCUT2D eigenvalue weighted by Crippen LogP contribution is -2.37. The molecule has 30 heavy (non-hydrogen) atoms. The van der Waals surface area contributed by atoms with E-state index in [1.807, 2.05) is 35.0 Å². The van der Waals surface area contributed by atoms with Crippen LogP contribution in [0.4, 0.5) is 5.82 Å². The number of nitrogens with one attached hydrogen (secondary N) is 1. The van der Waals surface area contributed by atoms with Crippen LogP contribution in [0.3, 0.4) is 0 Å². The van der Waals surface area contributed by atoms with Crippen molar-refractivity contribution in [1.29, 1.82) is 0 Å². The maximum absolute atomic E-state index is 12.4. The maximum Gasteiger partial charge on any atom is 0.251 e. The van der Waals surface area contributed by atoms with Gasteiger partial charge in [0, 0.05) is 31.1 Å². The number of nitrogens with zero attached hydrogens (tertiary/aromatic N) is 4. The summed E-state index contributed by atoms with van der Waals surface area (Å²) in [5.41, 5.74) is 1.65. The van der Waals surface area contributed by atoms with Gasteiger partial charge in [0.1, 0.15) is 5.82 Å². The van der Waals surface area contributed by atoms with Crippen molar-refractivity contribution < 1.29 is 9.59 Å². The molecule has 2 amide bonds. The van der Waals surface area contributed by atoms with E-state index >= 15 is 0 Å². The van der Waals surface area contributed by atoms with E-state index in [0.29, 0.717) is 31.6 Å². The quantitative estimate of drug-likeness (QED) is 0.714. The van der Waals surface area contributed by atoms with Gasteiger partial charge < -0.3 is 10.2 Å². The Hall–Kier alpha value is -2.67. The monoisotopic (exact) mass is 409 g/mol. The Bertz CT molecular complexity index is 876. The SMILES string of the molecule is C[C@@H]1CCCN(CCCNC(=O)c2ccc(CN3C(=O)CCn4nccc43)cc2)C1. The van der Waals surface area contributed by atoms with Crippen LogP contribution in [0.15, 0.2) is 36.5 Å².